The molecule has 0 aromatic carbocycles. The molecule has 0 aromatic heterocycles. The number of ether oxygens (including phenoxy) is 1. The number of hydrogen-bond donors (Lipinski definition) is 0. The van der Waals surface area contributed by atoms with E-state index in [0.717, 1.165) is 5.33 Å². The minimum Gasteiger partial charge on any atom is -0.380 e. The molecule has 2 unspecified atom stereocenters. The fourth-order valence-corrected chi connectivity index (χ4v) is 5.63. The summed E-state index contributed by atoms with van der Waals surface area (Å²) in [4.78, 5) is 0. The molecule has 0 aromatic rings. The first kappa shape index (κ1) is 8.97. The Labute approximate surface area is 80.5 Å². The van der Waals surface area contributed by atoms with E-state index in [-0.39, 0.29) is 11.3 Å². The Kier molecular flexibility index (Phi) is 2.01. The van der Waals surface area contributed by atoms with Gasteiger partial charge in [0, 0.05) is 16.7 Å². The first-order valence-corrected chi connectivity index (χ1v) is 6.86. The number of alkyl halides is 1. The Morgan fingerprint density at radius 1 is 1.58 bits per heavy atom. The van der Waals surface area contributed by atoms with Gasteiger partial charge in [0.2, 0.25) is 0 Å². The first-order valence-electron chi connectivity index (χ1n) is 3.92. The molecule has 2 fully saturated rings. The highest BCUT2D eigenvalue weighted by atomic mass is 79.9. The van der Waals surface area contributed by atoms with Crippen LogP contribution < -0.4 is 0 Å². The summed E-state index contributed by atoms with van der Waals surface area (Å²) in [7, 11) is -2.79. The molecule has 2 aliphatic heterocycles. The molecule has 70 valence electrons. The maximum atomic E-state index is 11.3. The minimum atomic E-state index is -2.79. The lowest BCUT2D eigenvalue weighted by Gasteiger charge is -2.21. The van der Waals surface area contributed by atoms with Gasteiger partial charge in [-0.2, -0.15) is 0 Å². The van der Waals surface area contributed by atoms with Gasteiger partial charge in [0.1, 0.15) is 0 Å². The van der Waals surface area contributed by atoms with Crippen LogP contribution in [-0.2, 0) is 14.6 Å². The summed E-state index contributed by atoms with van der Waals surface area (Å²) in [6, 6.07) is 0. The Bertz CT molecular complexity index is 287. The summed E-state index contributed by atoms with van der Waals surface area (Å²) >= 11 is 3.38. The molecule has 2 heterocycles. The van der Waals surface area contributed by atoms with E-state index in [4.69, 9.17) is 4.74 Å². The molecular weight excluding hydrogens is 244 g/mol. The Balaban J connectivity index is 2.32. The molecule has 2 aliphatic rings. The van der Waals surface area contributed by atoms with E-state index in [1.807, 2.05) is 0 Å². The second kappa shape index (κ2) is 2.69. The van der Waals surface area contributed by atoms with Crippen molar-refractivity contribution in [1.82, 2.24) is 0 Å². The van der Waals surface area contributed by atoms with Crippen molar-refractivity contribution in [2.45, 2.75) is 0 Å². The van der Waals surface area contributed by atoms with Crippen LogP contribution in [0.3, 0.4) is 0 Å². The van der Waals surface area contributed by atoms with Crippen LogP contribution in [0.4, 0.5) is 0 Å². The van der Waals surface area contributed by atoms with Gasteiger partial charge in [0.15, 0.2) is 9.84 Å². The van der Waals surface area contributed by atoms with E-state index in [0.29, 0.717) is 24.7 Å². The SMILES string of the molecule is O=S1(=O)CC2COCC2(CBr)C1. The van der Waals surface area contributed by atoms with E-state index < -0.39 is 9.84 Å². The lowest BCUT2D eigenvalue weighted by atomic mass is 9.83. The van der Waals surface area contributed by atoms with Gasteiger partial charge in [-0.3, -0.25) is 0 Å². The highest BCUT2D eigenvalue weighted by molar-refractivity contribution is 9.09. The van der Waals surface area contributed by atoms with Crippen molar-refractivity contribution >= 4 is 25.8 Å². The van der Waals surface area contributed by atoms with Crippen molar-refractivity contribution in [3.8, 4) is 0 Å². The molecular formula is C7H11BrO3S. The second-order valence-electron chi connectivity index (χ2n) is 3.76. The zero-order valence-corrected chi connectivity index (χ0v) is 9.03. The number of fused-ring (bicyclic) bond motifs is 1. The molecule has 0 bridgehead atoms. The van der Waals surface area contributed by atoms with Gasteiger partial charge in [-0.25, -0.2) is 8.42 Å². The molecule has 0 aliphatic carbocycles. The lowest BCUT2D eigenvalue weighted by Crippen LogP contribution is -2.30. The summed E-state index contributed by atoms with van der Waals surface area (Å²) in [6.07, 6.45) is 0. The van der Waals surface area contributed by atoms with E-state index in [2.05, 4.69) is 15.9 Å². The molecule has 0 N–H and O–H groups in total. The summed E-state index contributed by atoms with van der Waals surface area (Å²) in [5, 5.41) is 0.740. The highest BCUT2D eigenvalue weighted by Gasteiger charge is 2.53. The standard InChI is InChI=1S/C7H11BrO3S/c8-3-7-4-11-1-6(7)2-12(9,10)5-7/h6H,1-5H2. The summed E-state index contributed by atoms with van der Waals surface area (Å²) < 4.78 is 28.0. The zero-order valence-electron chi connectivity index (χ0n) is 6.62. The normalized spacial score (nSPS) is 44.6. The number of rotatable bonds is 1. The molecule has 2 atom stereocenters. The molecule has 0 spiro atoms. The summed E-state index contributed by atoms with van der Waals surface area (Å²) in [6.45, 7) is 1.22. The third kappa shape index (κ3) is 1.22. The van der Waals surface area contributed by atoms with Gasteiger partial charge in [-0.15, -0.1) is 0 Å². The van der Waals surface area contributed by atoms with Gasteiger partial charge in [0.25, 0.3) is 0 Å². The van der Waals surface area contributed by atoms with Gasteiger partial charge >= 0.3 is 0 Å². The minimum absolute atomic E-state index is 0.112. The third-order valence-electron chi connectivity index (χ3n) is 2.80. The monoisotopic (exact) mass is 254 g/mol. The van der Waals surface area contributed by atoms with Crippen LogP contribution in [0.15, 0.2) is 0 Å². The van der Waals surface area contributed by atoms with Crippen LogP contribution in [0, 0.1) is 11.3 Å². The number of halogens is 1. The smallest absolute Gasteiger partial charge is 0.151 e. The maximum Gasteiger partial charge on any atom is 0.151 e. The van der Waals surface area contributed by atoms with Crippen molar-refractivity contribution in [3.63, 3.8) is 0 Å². The molecule has 12 heavy (non-hydrogen) atoms. The predicted molar refractivity (Wildman–Crippen MR) is 49.2 cm³/mol. The van der Waals surface area contributed by atoms with Crippen molar-refractivity contribution < 1.29 is 13.2 Å². The lowest BCUT2D eigenvalue weighted by molar-refractivity contribution is 0.168. The molecule has 0 amide bonds. The fourth-order valence-electron chi connectivity index (χ4n) is 2.07. The average Bonchev–Trinajstić information content (AvgIpc) is 2.40. The average molecular weight is 255 g/mol. The van der Waals surface area contributed by atoms with Gasteiger partial charge in [-0.1, -0.05) is 15.9 Å². The maximum absolute atomic E-state index is 11.3. The van der Waals surface area contributed by atoms with Gasteiger partial charge in [0.05, 0.1) is 24.7 Å². The quantitative estimate of drug-likeness (QED) is 0.639. The zero-order chi connectivity index (χ0) is 8.82. The van der Waals surface area contributed by atoms with Crippen LogP contribution in [0.1, 0.15) is 0 Å². The topological polar surface area (TPSA) is 43.4 Å². The fraction of sp³-hybridized carbons (Fsp3) is 1.00. The van der Waals surface area contributed by atoms with E-state index in [1.54, 1.807) is 0 Å². The Hall–Kier alpha value is 0.390. The van der Waals surface area contributed by atoms with Crippen LogP contribution in [0.2, 0.25) is 0 Å². The van der Waals surface area contributed by atoms with Crippen molar-refractivity contribution in [1.29, 1.82) is 0 Å². The second-order valence-corrected chi connectivity index (χ2v) is 6.43. The molecule has 0 saturated carbocycles. The largest absolute Gasteiger partial charge is 0.380 e. The van der Waals surface area contributed by atoms with Crippen LogP contribution in [-0.4, -0.2) is 38.5 Å². The predicted octanol–water partition coefficient (Wildman–Crippen LogP) is 0.443. The van der Waals surface area contributed by atoms with E-state index in [1.165, 1.54) is 0 Å². The van der Waals surface area contributed by atoms with Crippen LogP contribution in [0.25, 0.3) is 0 Å². The molecule has 2 saturated heterocycles. The first-order chi connectivity index (χ1) is 5.58. The summed E-state index contributed by atoms with van der Waals surface area (Å²) in [5.41, 5.74) is -0.112. The summed E-state index contributed by atoms with van der Waals surface area (Å²) in [5.74, 6) is 0.844. The Morgan fingerprint density at radius 3 is 2.92 bits per heavy atom. The van der Waals surface area contributed by atoms with Crippen molar-refractivity contribution in [3.05, 3.63) is 0 Å². The Morgan fingerprint density at radius 2 is 2.33 bits per heavy atom. The van der Waals surface area contributed by atoms with Crippen LogP contribution >= 0.6 is 15.9 Å². The number of sulfone groups is 1. The molecule has 5 heteroatoms. The molecule has 2 rings (SSSR count). The van der Waals surface area contributed by atoms with E-state index >= 15 is 0 Å². The van der Waals surface area contributed by atoms with E-state index in [9.17, 15) is 8.42 Å². The van der Waals surface area contributed by atoms with Gasteiger partial charge in [-0.05, 0) is 0 Å². The molecule has 0 radical (unpaired) electrons. The third-order valence-corrected chi connectivity index (χ3v) is 5.84. The highest BCUT2D eigenvalue weighted by Crippen LogP contribution is 2.43. The number of hydrogen-bond acceptors (Lipinski definition) is 3. The van der Waals surface area contributed by atoms with Crippen molar-refractivity contribution in [2.24, 2.45) is 11.3 Å². The molecule has 3 nitrogen and oxygen atoms in total. The van der Waals surface area contributed by atoms with Crippen LogP contribution in [0.5, 0.6) is 0 Å². The van der Waals surface area contributed by atoms with Crippen molar-refractivity contribution in [2.75, 3.05) is 30.0 Å². The van der Waals surface area contributed by atoms with Gasteiger partial charge < -0.3 is 4.74 Å².